The van der Waals surface area contributed by atoms with Crippen molar-refractivity contribution in [2.75, 3.05) is 0 Å². The number of aliphatic carboxylic acids is 1. The van der Waals surface area contributed by atoms with Crippen LogP contribution >= 0.6 is 0 Å². The van der Waals surface area contributed by atoms with Crippen LogP contribution in [0.4, 0.5) is 0 Å². The van der Waals surface area contributed by atoms with E-state index in [-0.39, 0.29) is 12.3 Å². The fourth-order valence-electron chi connectivity index (χ4n) is 2.51. The summed E-state index contributed by atoms with van der Waals surface area (Å²) in [4.78, 5) is 11.2. The summed E-state index contributed by atoms with van der Waals surface area (Å²) < 4.78 is 5.77. The number of carbonyl (C=O) groups is 1. The minimum Gasteiger partial charge on any atom is -0.481 e. The maximum absolute atomic E-state index is 11.2. The van der Waals surface area contributed by atoms with Gasteiger partial charge in [0.15, 0.2) is 0 Å². The van der Waals surface area contributed by atoms with Crippen LogP contribution in [0.15, 0.2) is 84.9 Å². The Morgan fingerprint density at radius 2 is 1.42 bits per heavy atom. The fraction of sp³-hybridized carbons (Fsp3) is 0.0870. The van der Waals surface area contributed by atoms with Gasteiger partial charge in [0.2, 0.25) is 0 Å². The Labute approximate surface area is 152 Å². The van der Waals surface area contributed by atoms with Crippen molar-refractivity contribution in [3.8, 4) is 23.3 Å². The molecular weight excluding hydrogens is 324 g/mol. The van der Waals surface area contributed by atoms with Gasteiger partial charge in [0.05, 0.1) is 12.3 Å². The SMILES string of the molecule is O=C(O)CC(C#Cc1ccccc1)c1ccc(Oc2ccccc2)cc1. The minimum absolute atomic E-state index is 0.0429. The van der Waals surface area contributed by atoms with Crippen molar-refractivity contribution in [3.63, 3.8) is 0 Å². The molecule has 0 spiro atoms. The zero-order chi connectivity index (χ0) is 18.2. The molecular formula is C23H18O3. The second-order valence-corrected chi connectivity index (χ2v) is 5.77. The van der Waals surface area contributed by atoms with E-state index >= 15 is 0 Å². The normalized spacial score (nSPS) is 11.1. The zero-order valence-corrected chi connectivity index (χ0v) is 14.1. The summed E-state index contributed by atoms with van der Waals surface area (Å²) in [7, 11) is 0. The predicted octanol–water partition coefficient (Wildman–Crippen LogP) is 5.09. The molecule has 26 heavy (non-hydrogen) atoms. The molecule has 0 fully saturated rings. The standard InChI is InChI=1S/C23H18O3/c24-23(25)17-20(12-11-18-7-3-1-4-8-18)19-13-15-22(16-14-19)26-21-9-5-2-6-10-21/h1-10,13-16,20H,17H2,(H,24,25). The van der Waals surface area contributed by atoms with E-state index < -0.39 is 5.97 Å². The van der Waals surface area contributed by atoms with Crippen molar-refractivity contribution in [2.45, 2.75) is 12.3 Å². The van der Waals surface area contributed by atoms with Crippen molar-refractivity contribution >= 4 is 5.97 Å². The van der Waals surface area contributed by atoms with Gasteiger partial charge in [-0.1, -0.05) is 60.4 Å². The lowest BCUT2D eigenvalue weighted by Crippen LogP contribution is -2.04. The van der Waals surface area contributed by atoms with Crippen LogP contribution in [0.3, 0.4) is 0 Å². The molecule has 128 valence electrons. The number of hydrogen-bond donors (Lipinski definition) is 1. The van der Waals surface area contributed by atoms with Gasteiger partial charge in [-0.2, -0.15) is 0 Å². The largest absolute Gasteiger partial charge is 0.481 e. The van der Waals surface area contributed by atoms with Crippen LogP contribution in [-0.2, 0) is 4.79 Å². The molecule has 1 atom stereocenters. The van der Waals surface area contributed by atoms with Crippen molar-refractivity contribution in [2.24, 2.45) is 0 Å². The number of para-hydroxylation sites is 1. The molecule has 0 radical (unpaired) electrons. The molecule has 0 aliphatic rings. The van der Waals surface area contributed by atoms with E-state index in [4.69, 9.17) is 4.74 Å². The highest BCUT2D eigenvalue weighted by Gasteiger charge is 2.13. The molecule has 0 aromatic heterocycles. The third kappa shape index (κ3) is 4.99. The first-order chi connectivity index (χ1) is 12.7. The van der Waals surface area contributed by atoms with Crippen LogP contribution < -0.4 is 4.74 Å². The smallest absolute Gasteiger partial charge is 0.304 e. The predicted molar refractivity (Wildman–Crippen MR) is 101 cm³/mol. The highest BCUT2D eigenvalue weighted by molar-refractivity contribution is 5.69. The number of ether oxygens (including phenoxy) is 1. The van der Waals surface area contributed by atoms with Crippen LogP contribution in [0.1, 0.15) is 23.5 Å². The Kier molecular flexibility index (Phi) is 5.69. The van der Waals surface area contributed by atoms with Crippen LogP contribution in [0.5, 0.6) is 11.5 Å². The second kappa shape index (κ2) is 8.55. The molecule has 1 N–H and O–H groups in total. The molecule has 0 aliphatic carbocycles. The number of carboxylic acid groups (broad SMARTS) is 1. The summed E-state index contributed by atoms with van der Waals surface area (Å²) in [6.45, 7) is 0. The quantitative estimate of drug-likeness (QED) is 0.657. The number of carboxylic acids is 1. The molecule has 3 aromatic carbocycles. The van der Waals surface area contributed by atoms with E-state index in [2.05, 4.69) is 11.8 Å². The summed E-state index contributed by atoms with van der Waals surface area (Å²) in [5.74, 6) is 6.34. The van der Waals surface area contributed by atoms with Crippen molar-refractivity contribution in [1.82, 2.24) is 0 Å². The van der Waals surface area contributed by atoms with Crippen molar-refractivity contribution in [1.29, 1.82) is 0 Å². The lowest BCUT2D eigenvalue weighted by atomic mass is 9.96. The third-order valence-electron chi connectivity index (χ3n) is 3.80. The topological polar surface area (TPSA) is 46.5 Å². The van der Waals surface area contributed by atoms with Crippen molar-refractivity contribution in [3.05, 3.63) is 96.1 Å². The molecule has 3 heteroatoms. The Bertz CT molecular complexity index is 904. The average molecular weight is 342 g/mol. The van der Waals surface area contributed by atoms with Crippen LogP contribution in [-0.4, -0.2) is 11.1 Å². The summed E-state index contributed by atoms with van der Waals surface area (Å²) in [5.41, 5.74) is 1.73. The second-order valence-electron chi connectivity index (χ2n) is 5.77. The van der Waals surface area contributed by atoms with E-state index in [1.54, 1.807) is 0 Å². The molecule has 3 rings (SSSR count). The number of hydrogen-bond acceptors (Lipinski definition) is 2. The maximum atomic E-state index is 11.2. The van der Waals surface area contributed by atoms with Gasteiger partial charge in [-0.05, 0) is 42.0 Å². The zero-order valence-electron chi connectivity index (χ0n) is 14.1. The van der Waals surface area contributed by atoms with E-state index in [9.17, 15) is 9.90 Å². The molecule has 0 saturated heterocycles. The molecule has 0 bridgehead atoms. The number of rotatable bonds is 5. The van der Waals surface area contributed by atoms with Gasteiger partial charge in [0.25, 0.3) is 0 Å². The molecule has 3 nitrogen and oxygen atoms in total. The van der Waals surface area contributed by atoms with Crippen LogP contribution in [0, 0.1) is 11.8 Å². The van der Waals surface area contributed by atoms with E-state index in [0.29, 0.717) is 5.75 Å². The molecule has 0 amide bonds. The third-order valence-corrected chi connectivity index (χ3v) is 3.80. The molecule has 0 saturated carbocycles. The maximum Gasteiger partial charge on any atom is 0.304 e. The average Bonchev–Trinajstić information content (AvgIpc) is 2.67. The fourth-order valence-corrected chi connectivity index (χ4v) is 2.51. The van der Waals surface area contributed by atoms with Gasteiger partial charge >= 0.3 is 5.97 Å². The van der Waals surface area contributed by atoms with Gasteiger partial charge in [0, 0.05) is 5.56 Å². The Balaban J connectivity index is 1.78. The monoisotopic (exact) mass is 342 g/mol. The Morgan fingerprint density at radius 3 is 2.04 bits per heavy atom. The van der Waals surface area contributed by atoms with Crippen LogP contribution in [0.25, 0.3) is 0 Å². The first-order valence-corrected chi connectivity index (χ1v) is 8.32. The first kappa shape index (κ1) is 17.3. The number of benzene rings is 3. The molecule has 1 unspecified atom stereocenters. The van der Waals surface area contributed by atoms with Gasteiger partial charge in [-0.25, -0.2) is 0 Å². The highest BCUT2D eigenvalue weighted by Crippen LogP contribution is 2.25. The van der Waals surface area contributed by atoms with Gasteiger partial charge < -0.3 is 9.84 Å². The first-order valence-electron chi connectivity index (χ1n) is 8.32. The Hall–Kier alpha value is -3.51. The van der Waals surface area contributed by atoms with Gasteiger partial charge in [-0.3, -0.25) is 4.79 Å². The Morgan fingerprint density at radius 1 is 0.846 bits per heavy atom. The lowest BCUT2D eigenvalue weighted by Gasteiger charge is -2.10. The minimum atomic E-state index is -0.873. The summed E-state index contributed by atoms with van der Waals surface area (Å²) in [6, 6.07) is 26.5. The van der Waals surface area contributed by atoms with Gasteiger partial charge in [0.1, 0.15) is 11.5 Å². The molecule has 0 aliphatic heterocycles. The molecule has 0 heterocycles. The summed E-state index contributed by atoms with van der Waals surface area (Å²) in [6.07, 6.45) is -0.0429. The van der Waals surface area contributed by atoms with Crippen LogP contribution in [0.2, 0.25) is 0 Å². The van der Waals surface area contributed by atoms with Gasteiger partial charge in [-0.15, -0.1) is 0 Å². The van der Waals surface area contributed by atoms with E-state index in [1.807, 2.05) is 84.9 Å². The van der Waals surface area contributed by atoms with E-state index in [0.717, 1.165) is 16.9 Å². The van der Waals surface area contributed by atoms with Crippen molar-refractivity contribution < 1.29 is 14.6 Å². The van der Waals surface area contributed by atoms with E-state index in [1.165, 1.54) is 0 Å². The molecule has 3 aromatic rings. The highest BCUT2D eigenvalue weighted by atomic mass is 16.5. The lowest BCUT2D eigenvalue weighted by molar-refractivity contribution is -0.137. The summed E-state index contributed by atoms with van der Waals surface area (Å²) in [5, 5.41) is 9.20. The summed E-state index contributed by atoms with van der Waals surface area (Å²) >= 11 is 0.